The van der Waals surface area contributed by atoms with Gasteiger partial charge in [-0.25, -0.2) is 8.78 Å². The second-order valence-corrected chi connectivity index (χ2v) is 9.94. The first-order valence-corrected chi connectivity index (χ1v) is 12.1. The Morgan fingerprint density at radius 3 is 2.43 bits per heavy atom. The number of rotatable bonds is 6. The van der Waals surface area contributed by atoms with E-state index in [-0.39, 0.29) is 12.0 Å². The Bertz CT molecular complexity index is 830. The highest BCUT2D eigenvalue weighted by molar-refractivity contribution is 5.32. The van der Waals surface area contributed by atoms with E-state index in [0.717, 1.165) is 36.5 Å². The fourth-order valence-corrected chi connectivity index (χ4v) is 6.86. The third-order valence-electron chi connectivity index (χ3n) is 8.48. The van der Waals surface area contributed by atoms with Crippen molar-refractivity contribution in [1.82, 2.24) is 0 Å². The number of hydrogen-bond donors (Lipinski definition) is 0. The molecule has 30 heavy (non-hydrogen) atoms. The summed E-state index contributed by atoms with van der Waals surface area (Å²) >= 11 is 0. The highest BCUT2D eigenvalue weighted by atomic mass is 19.2. The summed E-state index contributed by atoms with van der Waals surface area (Å²) in [4.78, 5) is 0. The van der Waals surface area contributed by atoms with Gasteiger partial charge in [-0.3, -0.25) is 0 Å². The zero-order valence-electron chi connectivity index (χ0n) is 18.1. The predicted octanol–water partition coefficient (Wildman–Crippen LogP) is 7.64. The molecule has 162 valence electrons. The Labute approximate surface area is 179 Å². The molecule has 0 amide bonds. The average molecular weight is 413 g/mol. The van der Waals surface area contributed by atoms with Gasteiger partial charge in [-0.1, -0.05) is 35.9 Å². The molecule has 2 saturated carbocycles. The zero-order chi connectivity index (χ0) is 20.7. The minimum Gasteiger partial charge on any atom is -0.368 e. The van der Waals surface area contributed by atoms with Gasteiger partial charge in [-0.2, -0.15) is 0 Å². The fourth-order valence-electron chi connectivity index (χ4n) is 6.86. The van der Waals surface area contributed by atoms with Crippen molar-refractivity contribution >= 4 is 0 Å². The summed E-state index contributed by atoms with van der Waals surface area (Å²) in [5.41, 5.74) is 2.70. The van der Waals surface area contributed by atoms with Crippen LogP contribution in [0.3, 0.4) is 0 Å². The summed E-state index contributed by atoms with van der Waals surface area (Å²) < 4.78 is 34.3. The second kappa shape index (κ2) is 8.57. The number of allylic oxidation sites excluding steroid dienone is 4. The van der Waals surface area contributed by atoms with Gasteiger partial charge in [0.25, 0.3) is 0 Å². The number of ether oxygens (including phenoxy) is 1. The Morgan fingerprint density at radius 2 is 1.70 bits per heavy atom. The van der Waals surface area contributed by atoms with Gasteiger partial charge in [0.2, 0.25) is 0 Å². The number of epoxide rings is 1. The van der Waals surface area contributed by atoms with Crippen molar-refractivity contribution in [1.29, 1.82) is 0 Å². The van der Waals surface area contributed by atoms with Crippen LogP contribution in [-0.2, 0) is 4.74 Å². The zero-order valence-corrected chi connectivity index (χ0v) is 18.1. The van der Waals surface area contributed by atoms with E-state index < -0.39 is 11.6 Å². The highest BCUT2D eigenvalue weighted by Gasteiger charge is 2.44. The van der Waals surface area contributed by atoms with Crippen molar-refractivity contribution in [2.45, 2.75) is 76.7 Å². The van der Waals surface area contributed by atoms with E-state index >= 15 is 0 Å². The standard InChI is InChI=1S/C27H34F2O/c1-2-3-4-5-17-10-11-23-20(17)12-13-21(23)18-6-8-19(9-7-18)22-14-15-24(25-16-30-25)27(29)26(22)28/h2-3,10,14-15,18-21,23,25H,4-9,11-13,16H2,1H3/b3-2+. The van der Waals surface area contributed by atoms with Gasteiger partial charge >= 0.3 is 0 Å². The van der Waals surface area contributed by atoms with Crippen molar-refractivity contribution in [3.63, 3.8) is 0 Å². The third kappa shape index (κ3) is 3.79. The van der Waals surface area contributed by atoms with Crippen molar-refractivity contribution < 1.29 is 13.5 Å². The molecule has 4 unspecified atom stereocenters. The fraction of sp³-hybridized carbons (Fsp3) is 0.630. The summed E-state index contributed by atoms with van der Waals surface area (Å²) in [5, 5.41) is 0. The average Bonchev–Trinajstić information content (AvgIpc) is 3.39. The van der Waals surface area contributed by atoms with Crippen LogP contribution in [0, 0.1) is 35.3 Å². The van der Waals surface area contributed by atoms with Crippen LogP contribution in [0.15, 0.2) is 35.9 Å². The maximum absolute atomic E-state index is 14.7. The van der Waals surface area contributed by atoms with Crippen molar-refractivity contribution in [3.8, 4) is 0 Å². The van der Waals surface area contributed by atoms with Gasteiger partial charge in [0.05, 0.1) is 6.61 Å². The maximum atomic E-state index is 14.7. The van der Waals surface area contributed by atoms with E-state index in [0.29, 0.717) is 17.7 Å². The molecule has 3 aliphatic carbocycles. The van der Waals surface area contributed by atoms with Crippen molar-refractivity contribution in [2.75, 3.05) is 6.61 Å². The quantitative estimate of drug-likeness (QED) is 0.345. The van der Waals surface area contributed by atoms with E-state index in [4.69, 9.17) is 4.74 Å². The molecule has 0 spiro atoms. The lowest BCUT2D eigenvalue weighted by Gasteiger charge is -2.35. The molecular formula is C27H34F2O. The third-order valence-corrected chi connectivity index (χ3v) is 8.48. The molecule has 1 heterocycles. The molecule has 1 aliphatic heterocycles. The van der Waals surface area contributed by atoms with Gasteiger partial charge in [-0.15, -0.1) is 0 Å². The Kier molecular flexibility index (Phi) is 5.84. The van der Waals surface area contributed by atoms with Gasteiger partial charge < -0.3 is 4.74 Å². The minimum absolute atomic E-state index is 0.167. The minimum atomic E-state index is -0.682. The lowest BCUT2D eigenvalue weighted by molar-refractivity contribution is 0.184. The topological polar surface area (TPSA) is 12.5 Å². The Morgan fingerprint density at radius 1 is 0.967 bits per heavy atom. The molecule has 1 aromatic rings. The normalized spacial score (nSPS) is 35.6. The largest absolute Gasteiger partial charge is 0.368 e. The number of benzene rings is 1. The van der Waals surface area contributed by atoms with E-state index in [1.165, 1.54) is 44.9 Å². The molecule has 0 N–H and O–H groups in total. The molecule has 5 rings (SSSR count). The van der Waals surface area contributed by atoms with E-state index in [9.17, 15) is 8.78 Å². The number of hydrogen-bond acceptors (Lipinski definition) is 1. The lowest BCUT2D eigenvalue weighted by Crippen LogP contribution is -2.25. The first-order valence-electron chi connectivity index (χ1n) is 12.1. The van der Waals surface area contributed by atoms with Crippen molar-refractivity contribution in [3.05, 3.63) is 58.7 Å². The summed E-state index contributed by atoms with van der Waals surface area (Å²) in [5.74, 6) is 2.13. The molecule has 3 fully saturated rings. The molecule has 0 bridgehead atoms. The molecule has 4 aliphatic rings. The Balaban J connectivity index is 1.19. The number of fused-ring (bicyclic) bond motifs is 1. The molecule has 0 radical (unpaired) electrons. The molecule has 3 heteroatoms. The van der Waals surface area contributed by atoms with Crippen LogP contribution in [0.5, 0.6) is 0 Å². The molecule has 1 nitrogen and oxygen atoms in total. The van der Waals surface area contributed by atoms with Crippen LogP contribution in [-0.4, -0.2) is 6.61 Å². The van der Waals surface area contributed by atoms with Crippen LogP contribution < -0.4 is 0 Å². The SMILES string of the molecule is C/C=C/CCC1=CCC2C1CCC2C1CCC(c2ccc(C3CO3)c(F)c2F)CC1. The van der Waals surface area contributed by atoms with Gasteiger partial charge in [0.15, 0.2) is 11.6 Å². The van der Waals surface area contributed by atoms with Gasteiger partial charge in [-0.05, 0) is 99.9 Å². The molecule has 4 atom stereocenters. The summed E-state index contributed by atoms with van der Waals surface area (Å²) in [6, 6.07) is 3.57. The molecular weight excluding hydrogens is 378 g/mol. The Hall–Kier alpha value is -1.48. The number of halogens is 2. The van der Waals surface area contributed by atoms with Crippen LogP contribution >= 0.6 is 0 Å². The van der Waals surface area contributed by atoms with E-state index in [1.807, 2.05) is 6.07 Å². The van der Waals surface area contributed by atoms with Crippen LogP contribution in [0.2, 0.25) is 0 Å². The van der Waals surface area contributed by atoms with Gasteiger partial charge in [0.1, 0.15) is 6.10 Å². The monoisotopic (exact) mass is 412 g/mol. The van der Waals surface area contributed by atoms with E-state index in [2.05, 4.69) is 25.2 Å². The summed E-state index contributed by atoms with van der Waals surface area (Å²) in [6.07, 6.45) is 17.5. The first kappa shape index (κ1) is 20.4. The van der Waals surface area contributed by atoms with Crippen molar-refractivity contribution in [2.24, 2.45) is 23.7 Å². The molecule has 1 saturated heterocycles. The lowest BCUT2D eigenvalue weighted by atomic mass is 9.70. The van der Waals surface area contributed by atoms with Crippen LogP contribution in [0.1, 0.15) is 87.9 Å². The maximum Gasteiger partial charge on any atom is 0.165 e. The first-order chi connectivity index (χ1) is 14.7. The second-order valence-electron chi connectivity index (χ2n) is 9.94. The van der Waals surface area contributed by atoms with Gasteiger partial charge in [0, 0.05) is 5.56 Å². The molecule has 0 aromatic heterocycles. The van der Waals surface area contributed by atoms with Crippen LogP contribution in [0.25, 0.3) is 0 Å². The van der Waals surface area contributed by atoms with Crippen LogP contribution in [0.4, 0.5) is 8.78 Å². The molecule has 1 aromatic carbocycles. The smallest absolute Gasteiger partial charge is 0.165 e. The summed E-state index contributed by atoms with van der Waals surface area (Å²) in [6.45, 7) is 2.61. The predicted molar refractivity (Wildman–Crippen MR) is 116 cm³/mol. The summed E-state index contributed by atoms with van der Waals surface area (Å²) in [7, 11) is 0. The highest BCUT2D eigenvalue weighted by Crippen LogP contribution is 2.54. The van der Waals surface area contributed by atoms with E-state index in [1.54, 1.807) is 11.6 Å².